The second-order valence-corrected chi connectivity index (χ2v) is 7.52. The molecule has 2 aliphatic rings. The second-order valence-electron chi connectivity index (χ2n) is 7.52. The van der Waals surface area contributed by atoms with Gasteiger partial charge in [0.05, 0.1) is 22.8 Å². The van der Waals surface area contributed by atoms with Crippen molar-refractivity contribution in [1.29, 1.82) is 0 Å². The predicted molar refractivity (Wildman–Crippen MR) is 126 cm³/mol. The van der Waals surface area contributed by atoms with Gasteiger partial charge in [-0.25, -0.2) is 9.97 Å². The standard InChI is InChI=1S/C24H22N4.Mg.2H/c1-14-15(2)24-16(3)22-10-9-20(27-22)12-19-6-5-17(25-19)11-18-7-8-21(26-18)13-23(14)28(24)4;;;/h5-13,25H,1-4H3;;;/q;+2;2*-1. The molecule has 0 radical (unpaired) electrons. The summed E-state index contributed by atoms with van der Waals surface area (Å²) < 4.78 is 2.26. The fourth-order valence-electron chi connectivity index (χ4n) is 4.13. The summed E-state index contributed by atoms with van der Waals surface area (Å²) in [5.41, 5.74) is 12.1. The molecule has 0 amide bonds. The molecule has 29 heavy (non-hydrogen) atoms. The van der Waals surface area contributed by atoms with Crippen molar-refractivity contribution in [2.24, 2.45) is 7.05 Å². The van der Waals surface area contributed by atoms with E-state index in [1.165, 1.54) is 27.7 Å². The van der Waals surface area contributed by atoms with Crippen molar-refractivity contribution in [2.75, 3.05) is 0 Å². The van der Waals surface area contributed by atoms with Gasteiger partial charge < -0.3 is 12.4 Å². The second kappa shape index (κ2) is 7.32. The fraction of sp³-hybridized carbons (Fsp3) is 0.167. The summed E-state index contributed by atoms with van der Waals surface area (Å²) in [6, 6.07) is 10.4. The first kappa shape index (κ1) is 19.7. The number of aromatic nitrogens is 4. The Morgan fingerprint density at radius 3 is 2.03 bits per heavy atom. The largest absolute Gasteiger partial charge is 2.00 e. The van der Waals surface area contributed by atoms with Crippen molar-refractivity contribution < 1.29 is 2.85 Å². The number of nitrogens with zero attached hydrogens (tertiary/aromatic N) is 3. The van der Waals surface area contributed by atoms with Gasteiger partial charge in [-0.05, 0) is 92.1 Å². The van der Waals surface area contributed by atoms with Crippen LogP contribution in [0, 0.1) is 20.8 Å². The Hall–Kier alpha value is -2.63. The zero-order valence-corrected chi connectivity index (χ0v) is 18.7. The SMILES string of the molecule is Cc1c(C)c2c(C)c3nc(cc4ccc(cc5nc(cc1n2C)C=C5)[nH]4)C=C3.[H-].[H-].[Mg+2]. The molecule has 0 unspecified atom stereocenters. The first-order valence-electron chi connectivity index (χ1n) is 9.50. The molecule has 0 aliphatic carbocycles. The number of aryl methyl sites for hydroxylation is 4. The number of fused-ring (bicyclic) bond motifs is 8. The van der Waals surface area contributed by atoms with E-state index in [1.807, 2.05) is 0 Å². The zero-order valence-electron chi connectivity index (χ0n) is 19.2. The molecule has 1 N–H and O–H groups in total. The molecule has 0 aromatic carbocycles. The van der Waals surface area contributed by atoms with E-state index in [-0.39, 0.29) is 25.9 Å². The minimum atomic E-state index is 0. The Morgan fingerprint density at radius 2 is 1.34 bits per heavy atom. The van der Waals surface area contributed by atoms with Crippen molar-refractivity contribution in [1.82, 2.24) is 19.5 Å². The van der Waals surface area contributed by atoms with Gasteiger partial charge >= 0.3 is 23.1 Å². The maximum atomic E-state index is 4.85. The molecule has 5 heteroatoms. The van der Waals surface area contributed by atoms with Crippen molar-refractivity contribution >= 4 is 69.4 Å². The van der Waals surface area contributed by atoms with Crippen molar-refractivity contribution in [3.05, 3.63) is 69.8 Å². The summed E-state index contributed by atoms with van der Waals surface area (Å²) in [4.78, 5) is 13.0. The van der Waals surface area contributed by atoms with Gasteiger partial charge in [-0.15, -0.1) is 0 Å². The Kier molecular flexibility index (Phi) is 4.96. The Balaban J connectivity index is 0.00000114. The van der Waals surface area contributed by atoms with Gasteiger partial charge in [-0.2, -0.15) is 0 Å². The van der Waals surface area contributed by atoms with Crippen LogP contribution in [-0.2, 0) is 7.05 Å². The smallest absolute Gasteiger partial charge is 1.00 e. The number of hydrogen-bond donors (Lipinski definition) is 1. The van der Waals surface area contributed by atoms with Gasteiger partial charge in [0.2, 0.25) is 0 Å². The molecule has 2 aliphatic heterocycles. The third-order valence-corrected chi connectivity index (χ3v) is 5.71. The van der Waals surface area contributed by atoms with Crippen molar-refractivity contribution in [2.45, 2.75) is 20.8 Å². The normalized spacial score (nSPS) is 12.3. The number of hydrogen-bond acceptors (Lipinski definition) is 2. The first-order valence-corrected chi connectivity index (χ1v) is 9.50. The molecule has 0 spiro atoms. The first-order chi connectivity index (χ1) is 13.5. The fourth-order valence-corrected chi connectivity index (χ4v) is 4.13. The van der Waals surface area contributed by atoms with E-state index in [0.717, 1.165) is 33.8 Å². The average Bonchev–Trinajstić information content (AvgIpc) is 3.43. The maximum Gasteiger partial charge on any atom is 2.00 e. The van der Waals surface area contributed by atoms with Crippen LogP contribution in [0.1, 0.15) is 42.3 Å². The van der Waals surface area contributed by atoms with Crippen LogP contribution in [0.5, 0.6) is 0 Å². The minimum absolute atomic E-state index is 0. The monoisotopic (exact) mass is 392 g/mol. The summed E-state index contributed by atoms with van der Waals surface area (Å²) in [6.45, 7) is 6.52. The van der Waals surface area contributed by atoms with Crippen molar-refractivity contribution in [3.63, 3.8) is 0 Å². The summed E-state index contributed by atoms with van der Waals surface area (Å²) >= 11 is 0. The number of nitrogens with one attached hydrogen (secondary N) is 1. The molecule has 3 aromatic rings. The van der Waals surface area contributed by atoms with Gasteiger partial charge in [0.1, 0.15) is 0 Å². The van der Waals surface area contributed by atoms with Crippen molar-refractivity contribution in [3.8, 4) is 0 Å². The molecule has 5 heterocycles. The molecule has 5 rings (SSSR count). The van der Waals surface area contributed by atoms with E-state index >= 15 is 0 Å². The van der Waals surface area contributed by atoms with Crippen LogP contribution in [0.4, 0.5) is 0 Å². The molecule has 3 aromatic heterocycles. The van der Waals surface area contributed by atoms with E-state index in [9.17, 15) is 0 Å². The number of H-pyrrole nitrogens is 1. The maximum absolute atomic E-state index is 4.85. The zero-order chi connectivity index (χ0) is 19.4. The van der Waals surface area contributed by atoms with Gasteiger partial charge in [-0.3, -0.25) is 0 Å². The quantitative estimate of drug-likeness (QED) is 0.357. The topological polar surface area (TPSA) is 46.5 Å². The van der Waals surface area contributed by atoms with E-state index in [2.05, 4.69) is 92.0 Å². The molecular weight excluding hydrogens is 369 g/mol. The van der Waals surface area contributed by atoms with E-state index in [0.29, 0.717) is 0 Å². The van der Waals surface area contributed by atoms with Crippen LogP contribution < -0.4 is 0 Å². The molecule has 0 saturated heterocycles. The summed E-state index contributed by atoms with van der Waals surface area (Å²) in [5, 5.41) is 0. The van der Waals surface area contributed by atoms with Crippen LogP contribution >= 0.6 is 0 Å². The molecule has 0 saturated carbocycles. The van der Waals surface area contributed by atoms with E-state index in [4.69, 9.17) is 9.97 Å². The third kappa shape index (κ3) is 3.34. The van der Waals surface area contributed by atoms with Crippen LogP contribution in [0.25, 0.3) is 46.4 Å². The number of rotatable bonds is 0. The predicted octanol–water partition coefficient (Wildman–Crippen LogP) is 5.44. The van der Waals surface area contributed by atoms with Crippen LogP contribution in [0.2, 0.25) is 0 Å². The molecule has 0 atom stereocenters. The Morgan fingerprint density at radius 1 is 0.759 bits per heavy atom. The molecule has 8 bridgehead atoms. The van der Waals surface area contributed by atoms with E-state index in [1.54, 1.807) is 0 Å². The number of aromatic amines is 1. The molecular formula is C24H24MgN4. The molecule has 142 valence electrons. The van der Waals surface area contributed by atoms with Crippen LogP contribution in [-0.4, -0.2) is 42.6 Å². The van der Waals surface area contributed by atoms with Crippen LogP contribution in [0.15, 0.2) is 30.3 Å². The summed E-state index contributed by atoms with van der Waals surface area (Å²) in [7, 11) is 2.12. The summed E-state index contributed by atoms with van der Waals surface area (Å²) in [6.07, 6.45) is 8.31. The van der Waals surface area contributed by atoms with Gasteiger partial charge in [0.15, 0.2) is 0 Å². The minimum Gasteiger partial charge on any atom is -1.00 e. The molecule has 4 nitrogen and oxygen atoms in total. The van der Waals surface area contributed by atoms with Gasteiger partial charge in [-0.1, -0.05) is 0 Å². The van der Waals surface area contributed by atoms with E-state index < -0.39 is 0 Å². The average molecular weight is 393 g/mol. The molecule has 0 fully saturated rings. The third-order valence-electron chi connectivity index (χ3n) is 5.71. The van der Waals surface area contributed by atoms with Crippen LogP contribution in [0.3, 0.4) is 0 Å². The van der Waals surface area contributed by atoms with Gasteiger partial charge in [0, 0.05) is 29.1 Å². The van der Waals surface area contributed by atoms with Gasteiger partial charge in [0.25, 0.3) is 0 Å². The summed E-state index contributed by atoms with van der Waals surface area (Å²) in [5.74, 6) is 0. The Labute approximate surface area is 189 Å². The Bertz CT molecular complexity index is 1360.